The molecule has 8 heteroatoms. The number of carbonyl (C=O) groups excluding carboxylic acids is 2. The van der Waals surface area contributed by atoms with Gasteiger partial charge in [-0.3, -0.25) is 14.9 Å². The minimum atomic E-state index is -0.427. The van der Waals surface area contributed by atoms with Crippen molar-refractivity contribution in [1.82, 2.24) is 15.0 Å². The van der Waals surface area contributed by atoms with Crippen molar-refractivity contribution in [3.8, 4) is 0 Å². The maximum Gasteiger partial charge on any atom is 0.232 e. The molecular formula is C17H15N5O2S. The van der Waals surface area contributed by atoms with Crippen LogP contribution in [-0.2, 0) is 9.59 Å². The molecule has 0 saturated carbocycles. The first kappa shape index (κ1) is 15.6. The van der Waals surface area contributed by atoms with Gasteiger partial charge in [-0.15, -0.1) is 11.3 Å². The molecule has 1 unspecified atom stereocenters. The topological polar surface area (TPSA) is 88.1 Å². The Labute approximate surface area is 147 Å². The number of hydrogen-bond acceptors (Lipinski definition) is 6. The highest BCUT2D eigenvalue weighted by Gasteiger charge is 2.35. The minimum Gasteiger partial charge on any atom is -0.312 e. The van der Waals surface area contributed by atoms with E-state index in [9.17, 15) is 9.59 Å². The zero-order chi connectivity index (χ0) is 17.4. The zero-order valence-electron chi connectivity index (χ0n) is 13.5. The summed E-state index contributed by atoms with van der Waals surface area (Å²) in [7, 11) is 0. The quantitative estimate of drug-likeness (QED) is 0.781. The number of carbonyl (C=O) groups is 2. The van der Waals surface area contributed by atoms with Crippen molar-refractivity contribution in [3.05, 3.63) is 41.7 Å². The first-order valence-corrected chi connectivity index (χ1v) is 8.67. The van der Waals surface area contributed by atoms with Crippen molar-refractivity contribution >= 4 is 45.0 Å². The zero-order valence-corrected chi connectivity index (χ0v) is 14.3. The van der Waals surface area contributed by atoms with E-state index in [1.165, 1.54) is 0 Å². The Balaban J connectivity index is 1.52. The number of aryl methyl sites for hydroxylation is 1. The predicted octanol–water partition coefficient (Wildman–Crippen LogP) is 2.39. The van der Waals surface area contributed by atoms with E-state index in [1.807, 2.05) is 25.1 Å². The Bertz CT molecular complexity index is 956. The lowest BCUT2D eigenvalue weighted by Crippen LogP contribution is -2.28. The molecule has 126 valence electrons. The molecule has 3 aromatic rings. The van der Waals surface area contributed by atoms with E-state index >= 15 is 0 Å². The first-order chi connectivity index (χ1) is 12.1. The van der Waals surface area contributed by atoms with Crippen molar-refractivity contribution in [2.75, 3.05) is 16.8 Å². The van der Waals surface area contributed by atoms with Crippen LogP contribution in [0.4, 0.5) is 11.6 Å². The van der Waals surface area contributed by atoms with Crippen molar-refractivity contribution in [2.45, 2.75) is 13.3 Å². The summed E-state index contributed by atoms with van der Waals surface area (Å²) in [6, 6.07) is 7.44. The van der Waals surface area contributed by atoms with E-state index in [1.54, 1.807) is 34.7 Å². The fourth-order valence-electron chi connectivity index (χ4n) is 2.91. The molecule has 1 aromatic carbocycles. The van der Waals surface area contributed by atoms with Gasteiger partial charge in [0.15, 0.2) is 0 Å². The highest BCUT2D eigenvalue weighted by Crippen LogP contribution is 2.30. The molecule has 4 rings (SSSR count). The van der Waals surface area contributed by atoms with Crippen molar-refractivity contribution < 1.29 is 9.59 Å². The SMILES string of the molecule is Cc1nc2cc(N3CC(C(=O)Nc4ncccn4)CC3=O)ccc2s1. The van der Waals surface area contributed by atoms with Gasteiger partial charge in [-0.1, -0.05) is 0 Å². The van der Waals surface area contributed by atoms with Gasteiger partial charge in [0, 0.05) is 31.0 Å². The van der Waals surface area contributed by atoms with Crippen LogP contribution in [0.15, 0.2) is 36.7 Å². The Morgan fingerprint density at radius 1 is 1.32 bits per heavy atom. The molecule has 1 atom stereocenters. The van der Waals surface area contributed by atoms with E-state index in [2.05, 4.69) is 20.3 Å². The molecule has 25 heavy (non-hydrogen) atoms. The summed E-state index contributed by atoms with van der Waals surface area (Å²) in [5.74, 6) is -0.491. The van der Waals surface area contributed by atoms with Crippen LogP contribution in [0.5, 0.6) is 0 Å². The summed E-state index contributed by atoms with van der Waals surface area (Å²) in [5.41, 5.74) is 1.65. The second-order valence-corrected chi connectivity index (χ2v) is 7.09. The van der Waals surface area contributed by atoms with E-state index in [0.29, 0.717) is 6.54 Å². The monoisotopic (exact) mass is 353 g/mol. The molecule has 0 spiro atoms. The molecule has 1 N–H and O–H groups in total. The van der Waals surface area contributed by atoms with Crippen LogP contribution in [0.2, 0.25) is 0 Å². The Kier molecular flexibility index (Phi) is 3.89. The van der Waals surface area contributed by atoms with Crippen LogP contribution in [0, 0.1) is 12.8 Å². The highest BCUT2D eigenvalue weighted by molar-refractivity contribution is 7.18. The van der Waals surface area contributed by atoms with Gasteiger partial charge in [0.05, 0.1) is 21.1 Å². The maximum atomic E-state index is 12.4. The summed E-state index contributed by atoms with van der Waals surface area (Å²) in [6.45, 7) is 2.30. The number of benzene rings is 1. The lowest BCUT2D eigenvalue weighted by molar-refractivity contribution is -0.122. The Morgan fingerprint density at radius 3 is 2.92 bits per heavy atom. The Morgan fingerprint density at radius 2 is 2.12 bits per heavy atom. The number of nitrogens with zero attached hydrogens (tertiary/aromatic N) is 4. The number of amides is 2. The van der Waals surface area contributed by atoms with Crippen LogP contribution in [0.3, 0.4) is 0 Å². The third-order valence-corrected chi connectivity index (χ3v) is 5.04. The number of hydrogen-bond donors (Lipinski definition) is 1. The molecule has 1 aliphatic heterocycles. The van der Waals surface area contributed by atoms with E-state index < -0.39 is 5.92 Å². The van der Waals surface area contributed by atoms with Crippen LogP contribution in [-0.4, -0.2) is 33.3 Å². The molecule has 1 aliphatic rings. The molecule has 3 heterocycles. The first-order valence-electron chi connectivity index (χ1n) is 7.85. The molecule has 2 amide bonds. The second-order valence-electron chi connectivity index (χ2n) is 5.85. The smallest absolute Gasteiger partial charge is 0.232 e. The molecule has 1 saturated heterocycles. The Hall–Kier alpha value is -2.87. The van der Waals surface area contributed by atoms with Crippen LogP contribution < -0.4 is 10.2 Å². The largest absolute Gasteiger partial charge is 0.312 e. The summed E-state index contributed by atoms with van der Waals surface area (Å²) in [5, 5.41) is 3.64. The third-order valence-electron chi connectivity index (χ3n) is 4.09. The van der Waals surface area contributed by atoms with Gasteiger partial charge < -0.3 is 4.90 Å². The molecule has 1 fully saturated rings. The van der Waals surface area contributed by atoms with E-state index in [0.717, 1.165) is 20.9 Å². The summed E-state index contributed by atoms with van der Waals surface area (Å²) in [6.07, 6.45) is 3.28. The van der Waals surface area contributed by atoms with Crippen molar-refractivity contribution in [3.63, 3.8) is 0 Å². The summed E-state index contributed by atoms with van der Waals surface area (Å²) in [4.78, 5) is 38.8. The fourth-order valence-corrected chi connectivity index (χ4v) is 3.72. The number of fused-ring (bicyclic) bond motifs is 1. The predicted molar refractivity (Wildman–Crippen MR) is 95.5 cm³/mol. The van der Waals surface area contributed by atoms with Gasteiger partial charge in [-0.05, 0) is 31.2 Å². The third kappa shape index (κ3) is 3.08. The van der Waals surface area contributed by atoms with Gasteiger partial charge >= 0.3 is 0 Å². The standard InChI is InChI=1S/C17H15N5O2S/c1-10-20-13-8-12(3-4-14(13)25-10)22-9-11(7-15(22)23)16(24)21-17-18-5-2-6-19-17/h2-6,8,11H,7,9H2,1H3,(H,18,19,21,24). The lowest BCUT2D eigenvalue weighted by atomic mass is 10.1. The van der Waals surface area contributed by atoms with Crippen LogP contribution in [0.25, 0.3) is 10.2 Å². The summed E-state index contributed by atoms with van der Waals surface area (Å²) >= 11 is 1.62. The minimum absolute atomic E-state index is 0.0690. The number of thiazole rings is 1. The molecule has 0 bridgehead atoms. The average Bonchev–Trinajstić information content (AvgIpc) is 3.16. The van der Waals surface area contributed by atoms with Gasteiger partial charge in [0.1, 0.15) is 0 Å². The maximum absolute atomic E-state index is 12.4. The molecular weight excluding hydrogens is 338 g/mol. The summed E-state index contributed by atoms with van der Waals surface area (Å²) < 4.78 is 1.09. The number of aromatic nitrogens is 3. The van der Waals surface area contributed by atoms with Crippen LogP contribution in [0.1, 0.15) is 11.4 Å². The molecule has 0 radical (unpaired) electrons. The molecule has 7 nitrogen and oxygen atoms in total. The van der Waals surface area contributed by atoms with Gasteiger partial charge in [0.25, 0.3) is 0 Å². The fraction of sp³-hybridized carbons (Fsp3) is 0.235. The van der Waals surface area contributed by atoms with Crippen molar-refractivity contribution in [1.29, 1.82) is 0 Å². The van der Waals surface area contributed by atoms with E-state index in [4.69, 9.17) is 0 Å². The van der Waals surface area contributed by atoms with Gasteiger partial charge in [-0.2, -0.15) is 0 Å². The second kappa shape index (κ2) is 6.21. The molecule has 2 aromatic heterocycles. The van der Waals surface area contributed by atoms with Gasteiger partial charge in [0.2, 0.25) is 17.8 Å². The number of anilines is 2. The number of rotatable bonds is 3. The average molecular weight is 353 g/mol. The van der Waals surface area contributed by atoms with Crippen LogP contribution >= 0.6 is 11.3 Å². The van der Waals surface area contributed by atoms with Crippen molar-refractivity contribution in [2.24, 2.45) is 5.92 Å². The van der Waals surface area contributed by atoms with Gasteiger partial charge in [-0.25, -0.2) is 15.0 Å². The molecule has 0 aliphatic carbocycles. The number of nitrogens with one attached hydrogen (secondary N) is 1. The lowest BCUT2D eigenvalue weighted by Gasteiger charge is -2.16. The van der Waals surface area contributed by atoms with E-state index in [-0.39, 0.29) is 24.2 Å². The highest BCUT2D eigenvalue weighted by atomic mass is 32.1. The normalized spacial score (nSPS) is 17.2.